The molecule has 2 N–H and O–H groups in total. The molecule has 0 bridgehead atoms. The Morgan fingerprint density at radius 2 is 2.06 bits per heavy atom. The zero-order valence-corrected chi connectivity index (χ0v) is 11.8. The van der Waals surface area contributed by atoms with Crippen LogP contribution in [-0.2, 0) is 0 Å². The smallest absolute Gasteiger partial charge is 0.128 e. The standard InChI is InChI=1S/C12H17BrFN.ClH/c1-2-3-4-5-12(15)10-8-9(13)6-7-11(10)14;/h6-8,12H,2-5,15H2,1H3;1H/t12-;/m1./s1. The molecular formula is C12H18BrClFN. The zero-order chi connectivity index (χ0) is 11.3. The maximum Gasteiger partial charge on any atom is 0.128 e. The van der Waals surface area contributed by atoms with Crippen LogP contribution in [-0.4, -0.2) is 0 Å². The van der Waals surface area contributed by atoms with Gasteiger partial charge in [0.15, 0.2) is 0 Å². The first-order valence-corrected chi connectivity index (χ1v) is 6.15. The van der Waals surface area contributed by atoms with Gasteiger partial charge in [-0.05, 0) is 24.6 Å². The lowest BCUT2D eigenvalue weighted by Gasteiger charge is -2.12. The predicted octanol–water partition coefficient (Wildman–Crippen LogP) is 4.59. The summed E-state index contributed by atoms with van der Waals surface area (Å²) in [6.07, 6.45) is 4.22. The molecule has 1 atom stereocenters. The van der Waals surface area contributed by atoms with Crippen molar-refractivity contribution in [1.29, 1.82) is 0 Å². The van der Waals surface area contributed by atoms with E-state index in [0.717, 1.165) is 30.2 Å². The summed E-state index contributed by atoms with van der Waals surface area (Å²) in [5.74, 6) is -0.206. The highest BCUT2D eigenvalue weighted by molar-refractivity contribution is 9.10. The van der Waals surface area contributed by atoms with Crippen LogP contribution in [0.2, 0.25) is 0 Å². The van der Waals surface area contributed by atoms with Gasteiger partial charge < -0.3 is 5.73 Å². The maximum absolute atomic E-state index is 13.4. The fourth-order valence-corrected chi connectivity index (χ4v) is 1.95. The fraction of sp³-hybridized carbons (Fsp3) is 0.500. The van der Waals surface area contributed by atoms with Gasteiger partial charge in [-0.1, -0.05) is 42.1 Å². The van der Waals surface area contributed by atoms with Gasteiger partial charge in [0.25, 0.3) is 0 Å². The highest BCUT2D eigenvalue weighted by Crippen LogP contribution is 2.23. The Hall–Kier alpha value is -0.120. The lowest BCUT2D eigenvalue weighted by Crippen LogP contribution is -2.12. The number of halogens is 3. The molecule has 0 amide bonds. The second-order valence-corrected chi connectivity index (χ2v) is 4.68. The lowest BCUT2D eigenvalue weighted by molar-refractivity contribution is 0.538. The maximum atomic E-state index is 13.4. The zero-order valence-electron chi connectivity index (χ0n) is 9.38. The average Bonchev–Trinajstić information content (AvgIpc) is 2.22. The van der Waals surface area contributed by atoms with Crippen molar-refractivity contribution < 1.29 is 4.39 Å². The predicted molar refractivity (Wildman–Crippen MR) is 72.4 cm³/mol. The van der Waals surface area contributed by atoms with Crippen molar-refractivity contribution in [2.24, 2.45) is 5.73 Å². The SMILES string of the molecule is CCCCC[C@@H](N)c1cc(Br)ccc1F.Cl. The first-order chi connectivity index (χ1) is 7.15. The number of unbranched alkanes of at least 4 members (excludes halogenated alkanes) is 2. The summed E-state index contributed by atoms with van der Waals surface area (Å²) < 4.78 is 14.3. The van der Waals surface area contributed by atoms with Crippen LogP contribution in [0.3, 0.4) is 0 Å². The number of hydrogen-bond acceptors (Lipinski definition) is 1. The molecule has 1 aromatic carbocycles. The normalized spacial score (nSPS) is 12.0. The van der Waals surface area contributed by atoms with E-state index < -0.39 is 0 Å². The van der Waals surface area contributed by atoms with Crippen LogP contribution in [0.25, 0.3) is 0 Å². The van der Waals surface area contributed by atoms with E-state index in [-0.39, 0.29) is 24.3 Å². The van der Waals surface area contributed by atoms with Gasteiger partial charge in [-0.15, -0.1) is 12.4 Å². The number of benzene rings is 1. The molecule has 16 heavy (non-hydrogen) atoms. The largest absolute Gasteiger partial charge is 0.324 e. The molecule has 0 unspecified atom stereocenters. The summed E-state index contributed by atoms with van der Waals surface area (Å²) in [6.45, 7) is 2.14. The van der Waals surface area contributed by atoms with E-state index in [9.17, 15) is 4.39 Å². The van der Waals surface area contributed by atoms with Crippen molar-refractivity contribution in [2.45, 2.75) is 38.6 Å². The minimum atomic E-state index is -0.206. The van der Waals surface area contributed by atoms with Gasteiger partial charge in [-0.2, -0.15) is 0 Å². The molecule has 0 spiro atoms. The van der Waals surface area contributed by atoms with E-state index in [1.54, 1.807) is 12.1 Å². The van der Waals surface area contributed by atoms with Crippen molar-refractivity contribution in [3.05, 3.63) is 34.1 Å². The molecule has 92 valence electrons. The third-order valence-electron chi connectivity index (χ3n) is 2.48. The van der Waals surface area contributed by atoms with Crippen LogP contribution in [0.1, 0.15) is 44.2 Å². The summed E-state index contributed by atoms with van der Waals surface area (Å²) >= 11 is 3.32. The first-order valence-electron chi connectivity index (χ1n) is 5.35. The van der Waals surface area contributed by atoms with Gasteiger partial charge in [0.2, 0.25) is 0 Å². The van der Waals surface area contributed by atoms with Gasteiger partial charge in [0.1, 0.15) is 5.82 Å². The number of hydrogen-bond donors (Lipinski definition) is 1. The topological polar surface area (TPSA) is 26.0 Å². The number of nitrogens with two attached hydrogens (primary N) is 1. The van der Waals surface area contributed by atoms with Crippen molar-refractivity contribution in [3.63, 3.8) is 0 Å². The molecule has 4 heteroatoms. The second kappa shape index (κ2) is 8.04. The first kappa shape index (κ1) is 15.9. The van der Waals surface area contributed by atoms with Gasteiger partial charge >= 0.3 is 0 Å². The molecule has 1 nitrogen and oxygen atoms in total. The quantitative estimate of drug-likeness (QED) is 0.791. The minimum Gasteiger partial charge on any atom is -0.324 e. The fourth-order valence-electron chi connectivity index (χ4n) is 1.57. The van der Waals surface area contributed by atoms with E-state index in [0.29, 0.717) is 5.56 Å². The summed E-state index contributed by atoms with van der Waals surface area (Å²) in [5.41, 5.74) is 6.56. The molecule has 0 aliphatic heterocycles. The Kier molecular flexibility index (Phi) is 7.98. The molecule has 0 aliphatic carbocycles. The van der Waals surface area contributed by atoms with E-state index in [2.05, 4.69) is 22.9 Å². The molecule has 1 aromatic rings. The van der Waals surface area contributed by atoms with Crippen LogP contribution >= 0.6 is 28.3 Å². The van der Waals surface area contributed by atoms with E-state index >= 15 is 0 Å². The number of rotatable bonds is 5. The average molecular weight is 311 g/mol. The molecule has 0 heterocycles. The molecule has 0 saturated heterocycles. The third kappa shape index (κ3) is 4.81. The summed E-state index contributed by atoms with van der Waals surface area (Å²) in [4.78, 5) is 0. The second-order valence-electron chi connectivity index (χ2n) is 3.77. The van der Waals surface area contributed by atoms with Gasteiger partial charge in [0.05, 0.1) is 0 Å². The van der Waals surface area contributed by atoms with E-state index in [4.69, 9.17) is 5.73 Å². The minimum absolute atomic E-state index is 0. The highest BCUT2D eigenvalue weighted by atomic mass is 79.9. The third-order valence-corrected chi connectivity index (χ3v) is 2.97. The summed E-state index contributed by atoms with van der Waals surface area (Å²) in [5, 5.41) is 0. The summed E-state index contributed by atoms with van der Waals surface area (Å²) in [7, 11) is 0. The van der Waals surface area contributed by atoms with Crippen LogP contribution in [0.15, 0.2) is 22.7 Å². The van der Waals surface area contributed by atoms with Crippen LogP contribution in [0.4, 0.5) is 4.39 Å². The van der Waals surface area contributed by atoms with Gasteiger partial charge in [-0.25, -0.2) is 4.39 Å². The van der Waals surface area contributed by atoms with Gasteiger partial charge in [0, 0.05) is 16.1 Å². The van der Waals surface area contributed by atoms with E-state index in [1.807, 2.05) is 0 Å². The Morgan fingerprint density at radius 1 is 1.38 bits per heavy atom. The highest BCUT2D eigenvalue weighted by Gasteiger charge is 2.11. The molecule has 0 radical (unpaired) electrons. The molecule has 0 aromatic heterocycles. The van der Waals surface area contributed by atoms with Crippen molar-refractivity contribution in [2.75, 3.05) is 0 Å². The molecule has 0 fully saturated rings. The van der Waals surface area contributed by atoms with Crippen LogP contribution in [0.5, 0.6) is 0 Å². The van der Waals surface area contributed by atoms with Crippen molar-refractivity contribution in [1.82, 2.24) is 0 Å². The molecule has 0 saturated carbocycles. The molecule has 0 aliphatic rings. The van der Waals surface area contributed by atoms with Gasteiger partial charge in [-0.3, -0.25) is 0 Å². The lowest BCUT2D eigenvalue weighted by atomic mass is 10.0. The van der Waals surface area contributed by atoms with Crippen LogP contribution < -0.4 is 5.73 Å². The molecule has 1 rings (SSSR count). The Bertz CT molecular complexity index is 320. The Labute approximate surface area is 111 Å². The molecular weight excluding hydrogens is 292 g/mol. The van der Waals surface area contributed by atoms with Crippen LogP contribution in [0, 0.1) is 5.82 Å². The Balaban J connectivity index is 0.00000225. The monoisotopic (exact) mass is 309 g/mol. The van der Waals surface area contributed by atoms with E-state index in [1.165, 1.54) is 6.07 Å². The Morgan fingerprint density at radius 3 is 2.69 bits per heavy atom. The van der Waals surface area contributed by atoms with Crippen molar-refractivity contribution >= 4 is 28.3 Å². The summed E-state index contributed by atoms with van der Waals surface area (Å²) in [6, 6.07) is 4.73. The van der Waals surface area contributed by atoms with Crippen molar-refractivity contribution in [3.8, 4) is 0 Å².